The van der Waals surface area contributed by atoms with Gasteiger partial charge in [-0.3, -0.25) is 4.79 Å². The van der Waals surface area contributed by atoms with Gasteiger partial charge in [-0.15, -0.1) is 0 Å². The molecule has 0 aromatic heterocycles. The molecule has 0 fully saturated rings. The lowest BCUT2D eigenvalue weighted by Crippen LogP contribution is -2.35. The number of likely N-dealkylation sites (N-methyl/N-ethyl adjacent to an activating group) is 1. The monoisotopic (exact) mass is 239 g/mol. The van der Waals surface area contributed by atoms with E-state index < -0.39 is 12.0 Å². The van der Waals surface area contributed by atoms with E-state index in [1.165, 1.54) is 0 Å². The molecular formula is C12H17NO4. The van der Waals surface area contributed by atoms with Crippen molar-refractivity contribution in [1.29, 1.82) is 0 Å². The van der Waals surface area contributed by atoms with Crippen LogP contribution in [0.2, 0.25) is 0 Å². The van der Waals surface area contributed by atoms with Crippen LogP contribution in [0.3, 0.4) is 0 Å². The van der Waals surface area contributed by atoms with Gasteiger partial charge in [0.2, 0.25) is 0 Å². The Morgan fingerprint density at radius 3 is 2.47 bits per heavy atom. The highest BCUT2D eigenvalue weighted by Crippen LogP contribution is 2.27. The van der Waals surface area contributed by atoms with Crippen LogP contribution in [0.15, 0.2) is 18.2 Å². The molecule has 1 atom stereocenters. The van der Waals surface area contributed by atoms with Crippen LogP contribution in [0.4, 0.5) is 0 Å². The molecule has 0 spiro atoms. The van der Waals surface area contributed by atoms with Crippen molar-refractivity contribution in [3.05, 3.63) is 23.8 Å². The highest BCUT2D eigenvalue weighted by atomic mass is 16.5. The number of hydrogen-bond acceptors (Lipinski definition) is 4. The first-order valence-electron chi connectivity index (χ1n) is 5.23. The number of methoxy groups -OCH3 is 2. The van der Waals surface area contributed by atoms with E-state index >= 15 is 0 Å². The summed E-state index contributed by atoms with van der Waals surface area (Å²) in [5.74, 6) is 0.361. The third-order valence-corrected chi connectivity index (χ3v) is 2.53. The Morgan fingerprint density at radius 1 is 1.35 bits per heavy atom. The van der Waals surface area contributed by atoms with Gasteiger partial charge in [-0.25, -0.2) is 0 Å². The third-order valence-electron chi connectivity index (χ3n) is 2.53. The van der Waals surface area contributed by atoms with Crippen molar-refractivity contribution in [1.82, 2.24) is 5.32 Å². The second-order valence-corrected chi connectivity index (χ2v) is 3.57. The summed E-state index contributed by atoms with van der Waals surface area (Å²) in [6, 6.07) is 4.77. The smallest absolute Gasteiger partial charge is 0.321 e. The van der Waals surface area contributed by atoms with Crippen LogP contribution in [0.5, 0.6) is 11.5 Å². The van der Waals surface area contributed by atoms with Gasteiger partial charge in [0.15, 0.2) is 11.5 Å². The Morgan fingerprint density at radius 2 is 2.00 bits per heavy atom. The molecule has 17 heavy (non-hydrogen) atoms. The van der Waals surface area contributed by atoms with Gasteiger partial charge in [-0.05, 0) is 31.2 Å². The van der Waals surface area contributed by atoms with E-state index in [0.29, 0.717) is 17.9 Å². The van der Waals surface area contributed by atoms with Gasteiger partial charge in [-0.2, -0.15) is 0 Å². The first-order valence-corrected chi connectivity index (χ1v) is 5.23. The summed E-state index contributed by atoms with van der Waals surface area (Å²) >= 11 is 0. The number of rotatable bonds is 6. The van der Waals surface area contributed by atoms with E-state index in [0.717, 1.165) is 5.56 Å². The second kappa shape index (κ2) is 6.10. The number of benzene rings is 1. The van der Waals surface area contributed by atoms with E-state index in [9.17, 15) is 4.79 Å². The van der Waals surface area contributed by atoms with Gasteiger partial charge < -0.3 is 19.9 Å². The highest BCUT2D eigenvalue weighted by molar-refractivity contribution is 5.73. The van der Waals surface area contributed by atoms with Crippen LogP contribution in [0.1, 0.15) is 5.56 Å². The molecule has 0 saturated heterocycles. The molecule has 0 bridgehead atoms. The van der Waals surface area contributed by atoms with E-state index in [2.05, 4.69) is 5.32 Å². The molecule has 0 amide bonds. The lowest BCUT2D eigenvalue weighted by atomic mass is 10.1. The predicted molar refractivity (Wildman–Crippen MR) is 63.7 cm³/mol. The van der Waals surface area contributed by atoms with Crippen molar-refractivity contribution >= 4 is 5.97 Å². The van der Waals surface area contributed by atoms with Crippen molar-refractivity contribution in [2.75, 3.05) is 21.3 Å². The average molecular weight is 239 g/mol. The summed E-state index contributed by atoms with van der Waals surface area (Å²) in [5, 5.41) is 11.7. The van der Waals surface area contributed by atoms with Crippen LogP contribution in [0.25, 0.3) is 0 Å². The van der Waals surface area contributed by atoms with Gasteiger partial charge >= 0.3 is 5.97 Å². The maximum absolute atomic E-state index is 10.9. The summed E-state index contributed by atoms with van der Waals surface area (Å²) in [5.41, 5.74) is 0.879. The van der Waals surface area contributed by atoms with Crippen molar-refractivity contribution < 1.29 is 19.4 Å². The highest BCUT2D eigenvalue weighted by Gasteiger charge is 2.16. The lowest BCUT2D eigenvalue weighted by Gasteiger charge is -2.13. The molecule has 2 N–H and O–H groups in total. The topological polar surface area (TPSA) is 67.8 Å². The number of ether oxygens (including phenoxy) is 2. The van der Waals surface area contributed by atoms with Gasteiger partial charge in [0, 0.05) is 0 Å². The van der Waals surface area contributed by atoms with E-state index in [1.54, 1.807) is 33.4 Å². The minimum atomic E-state index is -0.873. The largest absolute Gasteiger partial charge is 0.493 e. The number of carboxylic acids is 1. The van der Waals surface area contributed by atoms with E-state index in [4.69, 9.17) is 14.6 Å². The molecule has 0 aliphatic rings. The zero-order chi connectivity index (χ0) is 12.8. The molecule has 5 nitrogen and oxygen atoms in total. The van der Waals surface area contributed by atoms with Gasteiger partial charge in [0.05, 0.1) is 14.2 Å². The first-order chi connectivity index (χ1) is 8.12. The number of carboxylic acid groups (broad SMARTS) is 1. The van der Waals surface area contributed by atoms with Crippen molar-refractivity contribution in [3.63, 3.8) is 0 Å². The van der Waals surface area contributed by atoms with Crippen LogP contribution in [0, 0.1) is 0 Å². The van der Waals surface area contributed by atoms with Gasteiger partial charge in [0.25, 0.3) is 0 Å². The predicted octanol–water partition coefficient (Wildman–Crippen LogP) is 0.919. The van der Waals surface area contributed by atoms with Crippen LogP contribution < -0.4 is 14.8 Å². The second-order valence-electron chi connectivity index (χ2n) is 3.57. The maximum Gasteiger partial charge on any atom is 0.321 e. The fourth-order valence-electron chi connectivity index (χ4n) is 1.56. The Hall–Kier alpha value is -1.75. The van der Waals surface area contributed by atoms with Crippen molar-refractivity contribution in [2.24, 2.45) is 0 Å². The molecule has 1 aromatic rings. The lowest BCUT2D eigenvalue weighted by molar-refractivity contribution is -0.139. The van der Waals surface area contributed by atoms with E-state index in [-0.39, 0.29) is 0 Å². The van der Waals surface area contributed by atoms with Crippen LogP contribution >= 0.6 is 0 Å². The maximum atomic E-state index is 10.9. The van der Waals surface area contributed by atoms with E-state index in [1.807, 2.05) is 6.07 Å². The standard InChI is InChI=1S/C12H17NO4/c1-13-9(12(14)15)6-8-4-5-10(16-2)11(7-8)17-3/h4-5,7,9,13H,6H2,1-3H3,(H,14,15)/t9-/m1/s1. The zero-order valence-electron chi connectivity index (χ0n) is 10.2. The SMILES string of the molecule is CN[C@H](Cc1ccc(OC)c(OC)c1)C(=O)O. The molecule has 0 saturated carbocycles. The van der Waals surface area contributed by atoms with Crippen molar-refractivity contribution in [2.45, 2.75) is 12.5 Å². The fraction of sp³-hybridized carbons (Fsp3) is 0.417. The summed E-state index contributed by atoms with van der Waals surface area (Å²) in [4.78, 5) is 10.9. The Labute approximate surface area is 100 Å². The third kappa shape index (κ3) is 3.35. The Kier molecular flexibility index (Phi) is 4.78. The molecule has 1 aromatic carbocycles. The number of hydrogen-bond donors (Lipinski definition) is 2. The molecule has 1 rings (SSSR count). The first kappa shape index (κ1) is 13.3. The number of carbonyl (C=O) groups is 1. The summed E-state index contributed by atoms with van der Waals surface area (Å²) in [6.07, 6.45) is 0.395. The molecule has 0 aliphatic heterocycles. The van der Waals surface area contributed by atoms with Gasteiger partial charge in [-0.1, -0.05) is 6.07 Å². The summed E-state index contributed by atoms with van der Waals surface area (Å²) in [6.45, 7) is 0. The number of nitrogens with one attached hydrogen (secondary N) is 1. The molecule has 0 heterocycles. The fourth-order valence-corrected chi connectivity index (χ4v) is 1.56. The average Bonchev–Trinajstić information content (AvgIpc) is 2.35. The molecule has 0 unspecified atom stereocenters. The number of aliphatic carboxylic acids is 1. The molecule has 0 radical (unpaired) electrons. The van der Waals surface area contributed by atoms with Crippen LogP contribution in [-0.4, -0.2) is 38.4 Å². The molecular weight excluding hydrogens is 222 g/mol. The minimum Gasteiger partial charge on any atom is -0.493 e. The molecule has 5 heteroatoms. The zero-order valence-corrected chi connectivity index (χ0v) is 10.2. The van der Waals surface area contributed by atoms with Crippen LogP contribution in [-0.2, 0) is 11.2 Å². The Balaban J connectivity index is 2.88. The van der Waals surface area contributed by atoms with Crippen molar-refractivity contribution in [3.8, 4) is 11.5 Å². The molecule has 94 valence electrons. The minimum absolute atomic E-state index is 0.395. The normalized spacial score (nSPS) is 11.9. The van der Waals surface area contributed by atoms with Gasteiger partial charge in [0.1, 0.15) is 6.04 Å². The quantitative estimate of drug-likeness (QED) is 0.772. The summed E-state index contributed by atoms with van der Waals surface area (Å²) < 4.78 is 10.3. The molecule has 0 aliphatic carbocycles. The Bertz CT molecular complexity index is 392. The summed E-state index contributed by atoms with van der Waals surface area (Å²) in [7, 11) is 4.74.